The molecule has 1 saturated heterocycles. The van der Waals surface area contributed by atoms with Crippen molar-refractivity contribution in [3.63, 3.8) is 0 Å². The quantitative estimate of drug-likeness (QED) is 0.859. The number of nitrogens with one attached hydrogen (secondary N) is 1. The fraction of sp³-hybridized carbons (Fsp3) is 0.538. The molecule has 0 unspecified atom stereocenters. The molecule has 0 radical (unpaired) electrons. The smallest absolute Gasteiger partial charge is 0.240 e. The number of methoxy groups -OCH3 is 2. The minimum atomic E-state index is -0.673. The summed E-state index contributed by atoms with van der Waals surface area (Å²) in [6, 6.07) is 8.40. The van der Waals surface area contributed by atoms with Gasteiger partial charge < -0.3 is 9.47 Å². The Hall–Kier alpha value is -0.460. The topological polar surface area (TPSA) is 33.7 Å². The zero-order chi connectivity index (χ0) is 13.0. The molecule has 4 nitrogen and oxygen atoms in total. The first-order valence-corrected chi connectivity index (χ1v) is 6.79. The van der Waals surface area contributed by atoms with Crippen LogP contribution in [0.15, 0.2) is 28.7 Å². The maximum absolute atomic E-state index is 5.43. The van der Waals surface area contributed by atoms with E-state index in [1.54, 1.807) is 14.2 Å². The van der Waals surface area contributed by atoms with Crippen LogP contribution in [0.1, 0.15) is 5.56 Å². The first-order chi connectivity index (χ1) is 8.67. The van der Waals surface area contributed by atoms with Gasteiger partial charge in [-0.05, 0) is 17.7 Å². The highest BCUT2D eigenvalue weighted by Crippen LogP contribution is 2.17. The van der Waals surface area contributed by atoms with E-state index in [0.717, 1.165) is 30.7 Å². The molecule has 1 heterocycles. The molecule has 0 bridgehead atoms. The van der Waals surface area contributed by atoms with E-state index in [0.29, 0.717) is 0 Å². The van der Waals surface area contributed by atoms with Crippen molar-refractivity contribution in [3.05, 3.63) is 34.3 Å². The first kappa shape index (κ1) is 14.0. The molecule has 0 atom stereocenters. The predicted molar refractivity (Wildman–Crippen MR) is 74.2 cm³/mol. The summed E-state index contributed by atoms with van der Waals surface area (Å²) in [7, 11) is 3.33. The Balaban J connectivity index is 1.99. The Kier molecular flexibility index (Phi) is 4.75. The normalized spacial score (nSPS) is 19.9. The molecule has 100 valence electrons. The average Bonchev–Trinajstić information content (AvgIpc) is 2.41. The Morgan fingerprint density at radius 2 is 1.94 bits per heavy atom. The van der Waals surface area contributed by atoms with E-state index >= 15 is 0 Å². The van der Waals surface area contributed by atoms with Gasteiger partial charge in [-0.2, -0.15) is 0 Å². The van der Waals surface area contributed by atoms with Crippen LogP contribution in [0.4, 0.5) is 0 Å². The van der Waals surface area contributed by atoms with E-state index in [1.807, 2.05) is 0 Å². The number of halogens is 1. The van der Waals surface area contributed by atoms with Gasteiger partial charge in [0.05, 0.1) is 6.54 Å². The molecule has 5 heteroatoms. The zero-order valence-corrected chi connectivity index (χ0v) is 12.4. The van der Waals surface area contributed by atoms with E-state index < -0.39 is 5.91 Å². The second-order valence-corrected chi connectivity index (χ2v) is 5.34. The molecule has 1 aromatic rings. The van der Waals surface area contributed by atoms with Crippen LogP contribution in [-0.4, -0.2) is 44.7 Å². The van der Waals surface area contributed by atoms with E-state index in [1.165, 1.54) is 5.56 Å². The SMILES string of the molecule is COC1(OC)CN(Cc2ccc(Br)cc2)CCN1. The van der Waals surface area contributed by atoms with Gasteiger partial charge in [-0.15, -0.1) is 0 Å². The molecule has 0 aromatic heterocycles. The number of hydrogen-bond donors (Lipinski definition) is 1. The van der Waals surface area contributed by atoms with Gasteiger partial charge in [-0.3, -0.25) is 10.2 Å². The lowest BCUT2D eigenvalue weighted by Crippen LogP contribution is -2.62. The second kappa shape index (κ2) is 6.12. The van der Waals surface area contributed by atoms with Crippen molar-refractivity contribution in [1.82, 2.24) is 10.2 Å². The molecule has 1 aliphatic rings. The van der Waals surface area contributed by atoms with Gasteiger partial charge in [-0.1, -0.05) is 28.1 Å². The zero-order valence-electron chi connectivity index (χ0n) is 10.8. The predicted octanol–water partition coefficient (Wildman–Crippen LogP) is 1.80. The summed E-state index contributed by atoms with van der Waals surface area (Å²) in [6.45, 7) is 3.47. The molecular formula is C13H19BrN2O2. The largest absolute Gasteiger partial charge is 0.340 e. The maximum atomic E-state index is 5.43. The van der Waals surface area contributed by atoms with E-state index in [9.17, 15) is 0 Å². The molecule has 18 heavy (non-hydrogen) atoms. The number of nitrogens with zero attached hydrogens (tertiary/aromatic N) is 1. The van der Waals surface area contributed by atoms with Crippen LogP contribution in [0, 0.1) is 0 Å². The number of piperazine rings is 1. The fourth-order valence-corrected chi connectivity index (χ4v) is 2.44. The van der Waals surface area contributed by atoms with Crippen LogP contribution in [0.2, 0.25) is 0 Å². The van der Waals surface area contributed by atoms with Crippen LogP contribution < -0.4 is 5.32 Å². The highest BCUT2D eigenvalue weighted by Gasteiger charge is 2.35. The summed E-state index contributed by atoms with van der Waals surface area (Å²) >= 11 is 3.45. The molecule has 1 N–H and O–H groups in total. The number of rotatable bonds is 4. The maximum Gasteiger partial charge on any atom is 0.240 e. The minimum absolute atomic E-state index is 0.673. The van der Waals surface area contributed by atoms with Crippen molar-refractivity contribution in [1.29, 1.82) is 0 Å². The molecular weight excluding hydrogens is 296 g/mol. The van der Waals surface area contributed by atoms with Crippen LogP contribution in [0.5, 0.6) is 0 Å². The Morgan fingerprint density at radius 1 is 1.28 bits per heavy atom. The highest BCUT2D eigenvalue weighted by molar-refractivity contribution is 9.10. The molecule has 0 saturated carbocycles. The van der Waals surface area contributed by atoms with E-state index in [-0.39, 0.29) is 0 Å². The van der Waals surface area contributed by atoms with Gasteiger partial charge >= 0.3 is 0 Å². The van der Waals surface area contributed by atoms with Crippen molar-refractivity contribution in [2.75, 3.05) is 33.9 Å². The van der Waals surface area contributed by atoms with Gasteiger partial charge in [0, 0.05) is 38.3 Å². The van der Waals surface area contributed by atoms with Crippen molar-refractivity contribution in [2.24, 2.45) is 0 Å². The lowest BCUT2D eigenvalue weighted by Gasteiger charge is -2.41. The fourth-order valence-electron chi connectivity index (χ4n) is 2.17. The third-order valence-electron chi connectivity index (χ3n) is 3.23. The summed E-state index contributed by atoms with van der Waals surface area (Å²) in [5.41, 5.74) is 1.29. The summed E-state index contributed by atoms with van der Waals surface area (Å²) in [4.78, 5) is 2.33. The summed E-state index contributed by atoms with van der Waals surface area (Å²) in [6.07, 6.45) is 0. The third kappa shape index (κ3) is 3.30. The summed E-state index contributed by atoms with van der Waals surface area (Å²) < 4.78 is 12.0. The highest BCUT2D eigenvalue weighted by atomic mass is 79.9. The van der Waals surface area contributed by atoms with Gasteiger partial charge in [0.1, 0.15) is 0 Å². The Bertz CT molecular complexity index is 379. The number of benzene rings is 1. The van der Waals surface area contributed by atoms with Gasteiger partial charge in [0.2, 0.25) is 5.91 Å². The van der Waals surface area contributed by atoms with Gasteiger partial charge in [-0.25, -0.2) is 0 Å². The lowest BCUT2D eigenvalue weighted by atomic mass is 10.2. The second-order valence-electron chi connectivity index (χ2n) is 4.43. The number of hydrogen-bond acceptors (Lipinski definition) is 4. The van der Waals surface area contributed by atoms with Crippen LogP contribution in [0.25, 0.3) is 0 Å². The first-order valence-electron chi connectivity index (χ1n) is 5.99. The summed E-state index contributed by atoms with van der Waals surface area (Å²) in [5.74, 6) is -0.673. The van der Waals surface area contributed by atoms with Gasteiger partial charge in [0.15, 0.2) is 0 Å². The van der Waals surface area contributed by atoms with Crippen LogP contribution >= 0.6 is 15.9 Å². The molecule has 1 fully saturated rings. The van der Waals surface area contributed by atoms with Crippen molar-refractivity contribution in [3.8, 4) is 0 Å². The van der Waals surface area contributed by atoms with Gasteiger partial charge in [0.25, 0.3) is 0 Å². The molecule has 0 aliphatic carbocycles. The van der Waals surface area contributed by atoms with Crippen LogP contribution in [-0.2, 0) is 16.0 Å². The monoisotopic (exact) mass is 314 g/mol. The average molecular weight is 315 g/mol. The molecule has 1 aliphatic heterocycles. The van der Waals surface area contributed by atoms with Crippen molar-refractivity contribution < 1.29 is 9.47 Å². The minimum Gasteiger partial charge on any atom is -0.340 e. The number of ether oxygens (including phenoxy) is 2. The standard InChI is InChI=1S/C13H19BrN2O2/c1-17-13(18-2)10-16(8-7-15-13)9-11-3-5-12(14)6-4-11/h3-6,15H,7-10H2,1-2H3. The van der Waals surface area contributed by atoms with E-state index in [4.69, 9.17) is 9.47 Å². The third-order valence-corrected chi connectivity index (χ3v) is 3.76. The molecule has 2 rings (SSSR count). The summed E-state index contributed by atoms with van der Waals surface area (Å²) in [5, 5.41) is 3.26. The lowest BCUT2D eigenvalue weighted by molar-refractivity contribution is -0.248. The Morgan fingerprint density at radius 3 is 2.56 bits per heavy atom. The van der Waals surface area contributed by atoms with Crippen LogP contribution in [0.3, 0.4) is 0 Å². The van der Waals surface area contributed by atoms with E-state index in [2.05, 4.69) is 50.4 Å². The molecule has 1 aromatic carbocycles. The molecule has 0 amide bonds. The van der Waals surface area contributed by atoms with Crippen molar-refractivity contribution >= 4 is 15.9 Å². The Labute approximate surface area is 116 Å². The van der Waals surface area contributed by atoms with Crippen molar-refractivity contribution in [2.45, 2.75) is 12.5 Å². The molecule has 0 spiro atoms.